The predicted molar refractivity (Wildman–Crippen MR) is 109 cm³/mol. The summed E-state index contributed by atoms with van der Waals surface area (Å²) in [6.07, 6.45) is 2.76. The third-order valence-electron chi connectivity index (χ3n) is 5.26. The van der Waals surface area contributed by atoms with Gasteiger partial charge in [-0.2, -0.15) is 0 Å². The van der Waals surface area contributed by atoms with E-state index in [4.69, 9.17) is 19.6 Å². The van der Waals surface area contributed by atoms with Crippen molar-refractivity contribution in [3.8, 4) is 11.5 Å². The van der Waals surface area contributed by atoms with Gasteiger partial charge in [-0.15, -0.1) is 0 Å². The van der Waals surface area contributed by atoms with Gasteiger partial charge in [-0.1, -0.05) is 12.1 Å². The number of carbonyl (C=O) groups excluding carboxylic acids is 2. The fourth-order valence-corrected chi connectivity index (χ4v) is 3.60. The van der Waals surface area contributed by atoms with Crippen molar-refractivity contribution in [2.24, 2.45) is 11.7 Å². The van der Waals surface area contributed by atoms with Crippen molar-refractivity contribution >= 4 is 22.6 Å². The molecule has 2 aromatic carbocycles. The van der Waals surface area contributed by atoms with Gasteiger partial charge in [0.25, 0.3) is 5.91 Å². The summed E-state index contributed by atoms with van der Waals surface area (Å²) in [5.41, 5.74) is 5.58. The lowest BCUT2D eigenvalue weighted by atomic mass is 9.97. The third-order valence-corrected chi connectivity index (χ3v) is 5.26. The molecule has 0 aliphatic carbocycles. The van der Waals surface area contributed by atoms with Crippen LogP contribution in [0.15, 0.2) is 47.1 Å². The topological polar surface area (TPSA) is 108 Å². The number of piperidine rings is 1. The molecule has 30 heavy (non-hydrogen) atoms. The number of methoxy groups -OCH3 is 1. The molecule has 2 N–H and O–H groups in total. The molecule has 3 aromatic rings. The Morgan fingerprint density at radius 2 is 1.97 bits per heavy atom. The summed E-state index contributed by atoms with van der Waals surface area (Å²) in [5.74, 6) is 0.758. The first kappa shape index (κ1) is 19.8. The molecule has 0 radical (unpaired) electrons. The first-order valence-electron chi connectivity index (χ1n) is 9.77. The minimum absolute atomic E-state index is 0.0899. The summed E-state index contributed by atoms with van der Waals surface area (Å²) in [7, 11) is 1.63. The lowest BCUT2D eigenvalue weighted by Crippen LogP contribution is -2.44. The zero-order valence-electron chi connectivity index (χ0n) is 16.7. The summed E-state index contributed by atoms with van der Waals surface area (Å²) >= 11 is 0. The zero-order chi connectivity index (χ0) is 21.1. The van der Waals surface area contributed by atoms with Gasteiger partial charge in [0.15, 0.2) is 12.3 Å². The number of likely N-dealkylation sites (tertiary alicyclic amines) is 1. The summed E-state index contributed by atoms with van der Waals surface area (Å²) in [4.78, 5) is 29.9. The van der Waals surface area contributed by atoms with Crippen LogP contribution in [0.3, 0.4) is 0 Å². The minimum Gasteiger partial charge on any atom is -0.497 e. The predicted octanol–water partition coefficient (Wildman–Crippen LogP) is 2.75. The van der Waals surface area contributed by atoms with Crippen molar-refractivity contribution in [2.75, 3.05) is 20.2 Å². The van der Waals surface area contributed by atoms with Crippen molar-refractivity contribution in [3.63, 3.8) is 0 Å². The molecule has 1 atom stereocenters. The Morgan fingerprint density at radius 1 is 1.20 bits per heavy atom. The van der Waals surface area contributed by atoms with Gasteiger partial charge in [-0.25, -0.2) is 4.98 Å². The van der Waals surface area contributed by atoms with Crippen LogP contribution in [-0.4, -0.2) is 41.9 Å². The number of aromatic nitrogens is 1. The maximum absolute atomic E-state index is 12.7. The van der Waals surface area contributed by atoms with Crippen molar-refractivity contribution in [3.05, 3.63) is 54.2 Å². The maximum Gasteiger partial charge on any atom is 0.275 e. The van der Waals surface area contributed by atoms with Gasteiger partial charge in [0, 0.05) is 13.1 Å². The van der Waals surface area contributed by atoms with Crippen LogP contribution in [0.25, 0.3) is 10.8 Å². The van der Waals surface area contributed by atoms with E-state index in [1.807, 2.05) is 36.4 Å². The molecule has 1 saturated heterocycles. The van der Waals surface area contributed by atoms with E-state index in [9.17, 15) is 9.59 Å². The highest BCUT2D eigenvalue weighted by molar-refractivity contribution is 5.92. The van der Waals surface area contributed by atoms with Crippen LogP contribution in [-0.2, 0) is 11.4 Å². The van der Waals surface area contributed by atoms with Gasteiger partial charge >= 0.3 is 0 Å². The van der Waals surface area contributed by atoms with Crippen LogP contribution < -0.4 is 15.2 Å². The maximum atomic E-state index is 12.7. The normalized spacial score (nSPS) is 16.4. The highest BCUT2D eigenvalue weighted by atomic mass is 16.5. The van der Waals surface area contributed by atoms with Crippen LogP contribution >= 0.6 is 0 Å². The molecule has 1 fully saturated rings. The van der Waals surface area contributed by atoms with Crippen LogP contribution in [0.1, 0.15) is 29.2 Å². The summed E-state index contributed by atoms with van der Waals surface area (Å²) in [5, 5.41) is 2.06. The summed E-state index contributed by atoms with van der Waals surface area (Å²) in [6.45, 7) is 0.974. The number of nitrogens with zero attached hydrogens (tertiary/aromatic N) is 2. The average molecular weight is 409 g/mol. The standard InChI is InChI=1S/C22H23N3O5/c1-28-17-6-4-14-5-7-18(10-16(14)9-17)29-13-20-24-19(12-30-20)22(27)25-8-2-3-15(11-25)21(23)26/h4-7,9-10,12,15H,2-3,8,11,13H2,1H3,(H2,23,26). The molecule has 2 amide bonds. The largest absolute Gasteiger partial charge is 0.497 e. The SMILES string of the molecule is COc1ccc2ccc(OCc3nc(C(=O)N4CCCC(C(N)=O)C4)co3)cc2c1. The van der Waals surface area contributed by atoms with Crippen LogP contribution in [0.4, 0.5) is 0 Å². The van der Waals surface area contributed by atoms with E-state index in [1.54, 1.807) is 12.0 Å². The fourth-order valence-electron chi connectivity index (χ4n) is 3.60. The first-order chi connectivity index (χ1) is 14.5. The summed E-state index contributed by atoms with van der Waals surface area (Å²) < 4.78 is 16.4. The Hall–Kier alpha value is -3.55. The van der Waals surface area contributed by atoms with E-state index in [1.165, 1.54) is 6.26 Å². The second-order valence-corrected chi connectivity index (χ2v) is 7.28. The molecule has 2 heterocycles. The molecule has 1 unspecified atom stereocenters. The number of primary amides is 1. The average Bonchev–Trinajstić information content (AvgIpc) is 3.25. The number of benzene rings is 2. The molecule has 156 valence electrons. The second-order valence-electron chi connectivity index (χ2n) is 7.28. The smallest absolute Gasteiger partial charge is 0.275 e. The molecule has 8 heteroatoms. The number of rotatable bonds is 6. The second kappa shape index (κ2) is 8.44. The number of carbonyl (C=O) groups is 2. The Kier molecular flexibility index (Phi) is 5.56. The van der Waals surface area contributed by atoms with E-state index in [0.29, 0.717) is 31.2 Å². The number of hydrogen-bond acceptors (Lipinski definition) is 6. The molecule has 4 rings (SSSR count). The highest BCUT2D eigenvalue weighted by Gasteiger charge is 2.29. The number of ether oxygens (including phenoxy) is 2. The fraction of sp³-hybridized carbons (Fsp3) is 0.318. The lowest BCUT2D eigenvalue weighted by molar-refractivity contribution is -0.123. The van der Waals surface area contributed by atoms with Gasteiger partial charge in [0.1, 0.15) is 17.8 Å². The zero-order valence-corrected chi connectivity index (χ0v) is 16.7. The van der Waals surface area contributed by atoms with Crippen molar-refractivity contribution < 1.29 is 23.5 Å². The Balaban J connectivity index is 1.40. The van der Waals surface area contributed by atoms with Gasteiger partial charge in [0.2, 0.25) is 11.8 Å². The molecule has 0 spiro atoms. The molecular formula is C22H23N3O5. The van der Waals surface area contributed by atoms with Crippen LogP contribution in [0.5, 0.6) is 11.5 Å². The van der Waals surface area contributed by atoms with E-state index in [-0.39, 0.29) is 30.0 Å². The van der Waals surface area contributed by atoms with E-state index in [0.717, 1.165) is 22.9 Å². The van der Waals surface area contributed by atoms with Gasteiger partial charge in [0.05, 0.1) is 13.0 Å². The van der Waals surface area contributed by atoms with Crippen LogP contribution in [0, 0.1) is 5.92 Å². The van der Waals surface area contributed by atoms with Crippen molar-refractivity contribution in [1.29, 1.82) is 0 Å². The number of nitrogens with two attached hydrogens (primary N) is 1. The van der Waals surface area contributed by atoms with Gasteiger partial charge in [-0.3, -0.25) is 9.59 Å². The Bertz CT molecular complexity index is 1080. The van der Waals surface area contributed by atoms with Gasteiger partial charge < -0.3 is 24.5 Å². The molecule has 1 aromatic heterocycles. The monoisotopic (exact) mass is 409 g/mol. The lowest BCUT2D eigenvalue weighted by Gasteiger charge is -2.30. The molecule has 1 aliphatic heterocycles. The van der Waals surface area contributed by atoms with Crippen LogP contribution in [0.2, 0.25) is 0 Å². The quantitative estimate of drug-likeness (QED) is 0.671. The van der Waals surface area contributed by atoms with Crippen molar-refractivity contribution in [1.82, 2.24) is 9.88 Å². The first-order valence-corrected chi connectivity index (χ1v) is 9.77. The summed E-state index contributed by atoms with van der Waals surface area (Å²) in [6, 6.07) is 11.5. The molecule has 0 saturated carbocycles. The number of amides is 2. The minimum atomic E-state index is -0.380. The molecule has 1 aliphatic rings. The third kappa shape index (κ3) is 4.22. The number of oxazole rings is 1. The van der Waals surface area contributed by atoms with E-state index >= 15 is 0 Å². The molecular weight excluding hydrogens is 386 g/mol. The molecule has 8 nitrogen and oxygen atoms in total. The Morgan fingerprint density at radius 3 is 2.73 bits per heavy atom. The highest BCUT2D eigenvalue weighted by Crippen LogP contribution is 2.25. The van der Waals surface area contributed by atoms with E-state index < -0.39 is 0 Å². The van der Waals surface area contributed by atoms with Crippen molar-refractivity contribution in [2.45, 2.75) is 19.4 Å². The molecule has 0 bridgehead atoms. The number of hydrogen-bond donors (Lipinski definition) is 1. The Labute approximate surface area is 173 Å². The van der Waals surface area contributed by atoms with Gasteiger partial charge in [-0.05, 0) is 47.9 Å². The van der Waals surface area contributed by atoms with E-state index in [2.05, 4.69) is 4.98 Å². The number of fused-ring (bicyclic) bond motifs is 1.